The first-order valence-electron chi connectivity index (χ1n) is 3.84. The Morgan fingerprint density at radius 1 is 1.58 bits per heavy atom. The standard InChI is InChI=1S/C8H9N3S/c1-2-8-10-6-3-4-9-5-7(6)12-11-8/h3-5H,2H2,1H3,(H,10,11). The van der Waals surface area contributed by atoms with Crippen LogP contribution in [0.3, 0.4) is 0 Å². The highest BCUT2D eigenvalue weighted by Gasteiger charge is 2.09. The normalized spacial score (nSPS) is 14.6. The van der Waals surface area contributed by atoms with Crippen molar-refractivity contribution in [3.63, 3.8) is 0 Å². The Kier molecular flexibility index (Phi) is 1.99. The van der Waals surface area contributed by atoms with Gasteiger partial charge in [0.1, 0.15) is 5.84 Å². The lowest BCUT2D eigenvalue weighted by atomic mass is 10.4. The quantitative estimate of drug-likeness (QED) is 0.671. The van der Waals surface area contributed by atoms with Gasteiger partial charge in [0.15, 0.2) is 0 Å². The van der Waals surface area contributed by atoms with E-state index in [2.05, 4.69) is 21.6 Å². The van der Waals surface area contributed by atoms with Gasteiger partial charge in [-0.1, -0.05) is 6.92 Å². The molecule has 0 unspecified atom stereocenters. The summed E-state index contributed by atoms with van der Waals surface area (Å²) in [5, 5.41) is 0. The summed E-state index contributed by atoms with van der Waals surface area (Å²) >= 11 is 1.58. The smallest absolute Gasteiger partial charge is 0.112 e. The summed E-state index contributed by atoms with van der Waals surface area (Å²) in [6, 6.07) is 1.93. The molecule has 0 aliphatic carbocycles. The Morgan fingerprint density at radius 2 is 2.50 bits per heavy atom. The molecule has 1 aromatic rings. The van der Waals surface area contributed by atoms with Gasteiger partial charge in [0, 0.05) is 18.8 Å². The molecule has 0 spiro atoms. The summed E-state index contributed by atoms with van der Waals surface area (Å²) < 4.78 is 3.15. The van der Waals surface area contributed by atoms with Crippen molar-refractivity contribution in [3.05, 3.63) is 18.5 Å². The fourth-order valence-corrected chi connectivity index (χ4v) is 1.73. The van der Waals surface area contributed by atoms with Gasteiger partial charge >= 0.3 is 0 Å². The molecular formula is C8H9N3S. The van der Waals surface area contributed by atoms with Gasteiger partial charge in [0.2, 0.25) is 0 Å². The summed E-state index contributed by atoms with van der Waals surface area (Å²) in [6.45, 7) is 2.08. The second-order valence-corrected chi connectivity index (χ2v) is 3.31. The predicted molar refractivity (Wildman–Crippen MR) is 50.6 cm³/mol. The largest absolute Gasteiger partial charge is 0.314 e. The molecule has 0 amide bonds. The number of fused-ring (bicyclic) bond motifs is 1. The summed E-state index contributed by atoms with van der Waals surface area (Å²) in [6.07, 6.45) is 4.53. The molecule has 0 fully saturated rings. The van der Waals surface area contributed by atoms with Gasteiger partial charge in [-0.25, -0.2) is 4.99 Å². The van der Waals surface area contributed by atoms with Crippen LogP contribution in [0, 0.1) is 0 Å². The maximum Gasteiger partial charge on any atom is 0.112 e. The van der Waals surface area contributed by atoms with Gasteiger partial charge in [-0.15, -0.1) is 0 Å². The Morgan fingerprint density at radius 3 is 3.33 bits per heavy atom. The van der Waals surface area contributed by atoms with Crippen LogP contribution in [-0.2, 0) is 0 Å². The Balaban J connectivity index is 2.41. The SMILES string of the molecule is CCC1=Nc2ccncc2SN1. The lowest BCUT2D eigenvalue weighted by Gasteiger charge is -2.14. The molecule has 0 saturated heterocycles. The lowest BCUT2D eigenvalue weighted by Crippen LogP contribution is -2.16. The van der Waals surface area contributed by atoms with E-state index in [0.717, 1.165) is 22.8 Å². The summed E-state index contributed by atoms with van der Waals surface area (Å²) in [5.41, 5.74) is 1.02. The molecule has 1 aliphatic heterocycles. The Bertz CT molecular complexity index is 322. The number of nitrogens with one attached hydrogen (secondary N) is 1. The van der Waals surface area contributed by atoms with E-state index in [1.54, 1.807) is 18.1 Å². The molecule has 12 heavy (non-hydrogen) atoms. The van der Waals surface area contributed by atoms with E-state index in [-0.39, 0.29) is 0 Å². The van der Waals surface area contributed by atoms with Gasteiger partial charge in [-0.3, -0.25) is 4.98 Å². The maximum absolute atomic E-state index is 4.41. The van der Waals surface area contributed by atoms with Crippen molar-refractivity contribution in [3.8, 4) is 0 Å². The molecule has 0 bridgehead atoms. The van der Waals surface area contributed by atoms with E-state index in [4.69, 9.17) is 0 Å². The Hall–Kier alpha value is -1.03. The molecule has 62 valence electrons. The molecule has 0 aromatic carbocycles. The highest BCUT2D eigenvalue weighted by molar-refractivity contribution is 7.98. The van der Waals surface area contributed by atoms with Crippen LogP contribution in [-0.4, -0.2) is 10.8 Å². The van der Waals surface area contributed by atoms with Gasteiger partial charge < -0.3 is 4.72 Å². The van der Waals surface area contributed by atoms with Crippen LogP contribution in [0.1, 0.15) is 13.3 Å². The van der Waals surface area contributed by atoms with Crippen molar-refractivity contribution in [2.24, 2.45) is 4.99 Å². The first-order valence-corrected chi connectivity index (χ1v) is 4.66. The predicted octanol–water partition coefficient (Wildman–Crippen LogP) is 2.13. The molecule has 1 aromatic heterocycles. The van der Waals surface area contributed by atoms with Gasteiger partial charge in [0.05, 0.1) is 10.6 Å². The minimum absolute atomic E-state index is 0.939. The Labute approximate surface area is 75.4 Å². The maximum atomic E-state index is 4.41. The van der Waals surface area contributed by atoms with Gasteiger partial charge in [-0.2, -0.15) is 0 Å². The zero-order valence-electron chi connectivity index (χ0n) is 6.74. The molecule has 2 rings (SSSR count). The van der Waals surface area contributed by atoms with Crippen LogP contribution in [0.4, 0.5) is 5.69 Å². The first kappa shape index (κ1) is 7.61. The second-order valence-electron chi connectivity index (χ2n) is 2.46. The van der Waals surface area contributed by atoms with Gasteiger partial charge in [-0.05, 0) is 18.0 Å². The minimum Gasteiger partial charge on any atom is -0.314 e. The second kappa shape index (κ2) is 3.15. The third-order valence-corrected chi connectivity index (χ3v) is 2.50. The number of pyridine rings is 1. The van der Waals surface area contributed by atoms with Crippen LogP contribution in [0.25, 0.3) is 0 Å². The summed E-state index contributed by atoms with van der Waals surface area (Å²) in [7, 11) is 0. The number of rotatable bonds is 1. The lowest BCUT2D eigenvalue weighted by molar-refractivity contribution is 1.14. The zero-order chi connectivity index (χ0) is 8.39. The van der Waals surface area contributed by atoms with Gasteiger partial charge in [0.25, 0.3) is 0 Å². The molecule has 1 aliphatic rings. The number of aliphatic imine (C=N–C) groups is 1. The molecule has 2 heterocycles. The van der Waals surface area contributed by atoms with E-state index in [1.165, 1.54) is 0 Å². The van der Waals surface area contributed by atoms with Crippen molar-refractivity contribution in [1.82, 2.24) is 9.71 Å². The van der Waals surface area contributed by atoms with E-state index < -0.39 is 0 Å². The van der Waals surface area contributed by atoms with Crippen LogP contribution < -0.4 is 4.72 Å². The highest BCUT2D eigenvalue weighted by Crippen LogP contribution is 2.29. The number of hydrogen-bond acceptors (Lipinski definition) is 4. The van der Waals surface area contributed by atoms with E-state index in [9.17, 15) is 0 Å². The third kappa shape index (κ3) is 1.30. The topological polar surface area (TPSA) is 37.3 Å². The van der Waals surface area contributed by atoms with Crippen molar-refractivity contribution in [2.75, 3.05) is 0 Å². The molecule has 0 radical (unpaired) electrons. The van der Waals surface area contributed by atoms with Crippen molar-refractivity contribution in [2.45, 2.75) is 18.2 Å². The van der Waals surface area contributed by atoms with Crippen LogP contribution in [0.15, 0.2) is 28.3 Å². The number of aromatic nitrogens is 1. The fraction of sp³-hybridized carbons (Fsp3) is 0.250. The van der Waals surface area contributed by atoms with Crippen LogP contribution in [0.2, 0.25) is 0 Å². The highest BCUT2D eigenvalue weighted by atomic mass is 32.2. The fourth-order valence-electron chi connectivity index (χ4n) is 0.977. The van der Waals surface area contributed by atoms with Crippen molar-refractivity contribution in [1.29, 1.82) is 0 Å². The van der Waals surface area contributed by atoms with Crippen LogP contribution in [0.5, 0.6) is 0 Å². The molecule has 0 saturated carbocycles. The summed E-state index contributed by atoms with van der Waals surface area (Å²) in [5.74, 6) is 1.03. The molecule has 4 heteroatoms. The number of nitrogens with zero attached hydrogens (tertiary/aromatic N) is 2. The summed E-state index contributed by atoms with van der Waals surface area (Å²) in [4.78, 5) is 9.52. The number of amidine groups is 1. The van der Waals surface area contributed by atoms with Crippen molar-refractivity contribution < 1.29 is 0 Å². The van der Waals surface area contributed by atoms with E-state index >= 15 is 0 Å². The zero-order valence-corrected chi connectivity index (χ0v) is 7.56. The molecule has 3 nitrogen and oxygen atoms in total. The minimum atomic E-state index is 0.939. The monoisotopic (exact) mass is 179 g/mol. The first-order chi connectivity index (χ1) is 5.90. The average molecular weight is 179 g/mol. The number of hydrogen-bond donors (Lipinski definition) is 1. The molecule has 1 N–H and O–H groups in total. The van der Waals surface area contributed by atoms with Crippen LogP contribution >= 0.6 is 11.9 Å². The van der Waals surface area contributed by atoms with Crippen molar-refractivity contribution >= 4 is 23.5 Å². The van der Waals surface area contributed by atoms with E-state index in [1.807, 2.05) is 12.3 Å². The third-order valence-electron chi connectivity index (χ3n) is 1.63. The average Bonchev–Trinajstić information content (AvgIpc) is 2.17. The van der Waals surface area contributed by atoms with E-state index in [0.29, 0.717) is 0 Å². The molecular weight excluding hydrogens is 170 g/mol. The molecule has 0 atom stereocenters.